The molecule has 1 atom stereocenters. The summed E-state index contributed by atoms with van der Waals surface area (Å²) in [6.45, 7) is 4.37. The smallest absolute Gasteiger partial charge is 0.313 e. The van der Waals surface area contributed by atoms with E-state index in [1.54, 1.807) is 6.07 Å². The number of nitriles is 1. The lowest BCUT2D eigenvalue weighted by Gasteiger charge is -2.35. The number of carbonyl (C=O) groups excluding carboxylic acids is 2. The Hall–Kier alpha value is -2.92. The van der Waals surface area contributed by atoms with Gasteiger partial charge in [0.05, 0.1) is 16.6 Å². The van der Waals surface area contributed by atoms with Crippen LogP contribution in [0.1, 0.15) is 17.2 Å². The maximum absolute atomic E-state index is 12.6. The number of hydrogen-bond donors (Lipinski definition) is 2. The van der Waals surface area contributed by atoms with E-state index in [1.165, 1.54) is 12.1 Å². The Balaban J connectivity index is 1.68. The first kappa shape index (κ1) is 21.8. The van der Waals surface area contributed by atoms with Crippen LogP contribution >= 0.6 is 11.6 Å². The number of nitrogens with zero attached hydrogens (tertiary/aromatic N) is 3. The summed E-state index contributed by atoms with van der Waals surface area (Å²) in [5.74, 6) is -1.52. The maximum Gasteiger partial charge on any atom is 0.313 e. The zero-order chi connectivity index (χ0) is 21.5. The zero-order valence-corrected chi connectivity index (χ0v) is 17.5. The number of amides is 2. The second-order valence-electron chi connectivity index (χ2n) is 7.30. The van der Waals surface area contributed by atoms with E-state index in [0.29, 0.717) is 12.2 Å². The van der Waals surface area contributed by atoms with Crippen LogP contribution in [0.2, 0.25) is 5.02 Å². The first-order chi connectivity index (χ1) is 14.5. The van der Waals surface area contributed by atoms with Crippen LogP contribution < -0.4 is 10.6 Å². The second kappa shape index (κ2) is 10.2. The zero-order valence-electron chi connectivity index (χ0n) is 16.8. The van der Waals surface area contributed by atoms with Gasteiger partial charge in [-0.2, -0.15) is 5.26 Å². The molecular formula is C22H24ClN5O2. The normalized spacial score (nSPS) is 15.8. The van der Waals surface area contributed by atoms with Crippen LogP contribution in [0.15, 0.2) is 48.5 Å². The van der Waals surface area contributed by atoms with Gasteiger partial charge in [-0.3, -0.25) is 14.5 Å². The van der Waals surface area contributed by atoms with Gasteiger partial charge in [-0.05, 0) is 30.8 Å². The number of nitrogens with one attached hydrogen (secondary N) is 2. The van der Waals surface area contributed by atoms with E-state index in [9.17, 15) is 9.59 Å². The Bertz CT molecular complexity index is 936. The molecule has 2 N–H and O–H groups in total. The van der Waals surface area contributed by atoms with Gasteiger partial charge in [-0.1, -0.05) is 41.9 Å². The van der Waals surface area contributed by atoms with Crippen LogP contribution in [0.25, 0.3) is 0 Å². The number of anilines is 1. The molecule has 1 heterocycles. The Morgan fingerprint density at radius 3 is 2.47 bits per heavy atom. The molecule has 0 aliphatic carbocycles. The summed E-state index contributed by atoms with van der Waals surface area (Å²) in [6.07, 6.45) is 0. The quantitative estimate of drug-likeness (QED) is 0.717. The van der Waals surface area contributed by atoms with E-state index in [0.717, 1.165) is 31.7 Å². The monoisotopic (exact) mass is 425 g/mol. The first-order valence-electron chi connectivity index (χ1n) is 9.73. The molecule has 30 heavy (non-hydrogen) atoms. The summed E-state index contributed by atoms with van der Waals surface area (Å²) in [7, 11) is 2.09. The van der Waals surface area contributed by atoms with E-state index in [1.807, 2.05) is 36.4 Å². The molecule has 8 heteroatoms. The summed E-state index contributed by atoms with van der Waals surface area (Å²) in [5.41, 5.74) is 1.51. The maximum atomic E-state index is 12.6. The Morgan fingerprint density at radius 1 is 1.10 bits per heavy atom. The molecule has 0 radical (unpaired) electrons. The largest absolute Gasteiger partial charge is 0.340 e. The summed E-state index contributed by atoms with van der Waals surface area (Å²) >= 11 is 5.91. The van der Waals surface area contributed by atoms with Gasteiger partial charge in [0.2, 0.25) is 0 Å². The molecule has 1 saturated heterocycles. The summed E-state index contributed by atoms with van der Waals surface area (Å²) in [4.78, 5) is 29.6. The molecule has 0 bridgehead atoms. The lowest BCUT2D eigenvalue weighted by molar-refractivity contribution is -0.136. The van der Waals surface area contributed by atoms with Gasteiger partial charge in [0.25, 0.3) is 0 Å². The summed E-state index contributed by atoms with van der Waals surface area (Å²) in [6, 6.07) is 15.8. The lowest BCUT2D eigenvalue weighted by atomic mass is 10.1. The summed E-state index contributed by atoms with van der Waals surface area (Å²) < 4.78 is 0. The number of piperazine rings is 1. The third-order valence-corrected chi connectivity index (χ3v) is 5.42. The molecule has 0 spiro atoms. The van der Waals surface area contributed by atoms with Crippen LogP contribution in [0.3, 0.4) is 0 Å². The summed E-state index contributed by atoms with van der Waals surface area (Å²) in [5, 5.41) is 14.7. The fourth-order valence-corrected chi connectivity index (χ4v) is 3.47. The Kier molecular flexibility index (Phi) is 7.41. The van der Waals surface area contributed by atoms with E-state index in [4.69, 9.17) is 16.9 Å². The predicted molar refractivity (Wildman–Crippen MR) is 116 cm³/mol. The fraction of sp³-hybridized carbons (Fsp3) is 0.318. The van der Waals surface area contributed by atoms with Crippen molar-refractivity contribution in [3.05, 3.63) is 64.7 Å². The molecule has 2 aromatic rings. The molecule has 1 aliphatic rings. The highest BCUT2D eigenvalue weighted by Crippen LogP contribution is 2.20. The molecule has 2 amide bonds. The average molecular weight is 426 g/mol. The van der Waals surface area contributed by atoms with Gasteiger partial charge in [-0.15, -0.1) is 0 Å². The molecule has 7 nitrogen and oxygen atoms in total. The van der Waals surface area contributed by atoms with E-state index < -0.39 is 11.8 Å². The van der Waals surface area contributed by atoms with Crippen LogP contribution in [0.5, 0.6) is 0 Å². The van der Waals surface area contributed by atoms with Crippen molar-refractivity contribution in [2.75, 3.05) is 45.1 Å². The molecule has 2 aromatic carbocycles. The minimum absolute atomic E-state index is 0.229. The predicted octanol–water partition coefficient (Wildman–Crippen LogP) is 2.26. The molecule has 0 unspecified atom stereocenters. The number of carbonyl (C=O) groups is 2. The second-order valence-corrected chi connectivity index (χ2v) is 7.71. The number of benzene rings is 2. The van der Waals surface area contributed by atoms with Gasteiger partial charge in [-0.25, -0.2) is 0 Å². The van der Waals surface area contributed by atoms with E-state index in [-0.39, 0.29) is 16.6 Å². The third-order valence-electron chi connectivity index (χ3n) is 5.09. The molecule has 0 saturated carbocycles. The molecule has 1 fully saturated rings. The van der Waals surface area contributed by atoms with Gasteiger partial charge in [0.15, 0.2) is 0 Å². The fourth-order valence-electron chi connectivity index (χ4n) is 3.31. The van der Waals surface area contributed by atoms with Crippen LogP contribution in [-0.4, -0.2) is 61.4 Å². The Morgan fingerprint density at radius 2 is 1.80 bits per heavy atom. The lowest BCUT2D eigenvalue weighted by Crippen LogP contribution is -2.48. The standard InChI is InChI=1S/C22H24ClN5O2/c1-27-9-11-28(12-10-27)15-20(16-5-3-2-4-6-16)26-22(30)21(29)25-18-7-8-19(23)17(13-18)14-24/h2-8,13,20H,9-12,15H2,1H3,(H,25,29)(H,26,30)/t20-/m0/s1. The van der Waals surface area contributed by atoms with Crippen LogP contribution in [0.4, 0.5) is 5.69 Å². The molecule has 3 rings (SSSR count). The number of hydrogen-bond acceptors (Lipinski definition) is 5. The topological polar surface area (TPSA) is 88.5 Å². The number of halogens is 1. The highest BCUT2D eigenvalue weighted by atomic mass is 35.5. The first-order valence-corrected chi connectivity index (χ1v) is 10.1. The van der Waals surface area contributed by atoms with Crippen LogP contribution in [0, 0.1) is 11.3 Å². The van der Waals surface area contributed by atoms with Crippen molar-refractivity contribution in [1.82, 2.24) is 15.1 Å². The van der Waals surface area contributed by atoms with E-state index in [2.05, 4.69) is 27.5 Å². The van der Waals surface area contributed by atoms with E-state index >= 15 is 0 Å². The number of likely N-dealkylation sites (N-methyl/N-ethyl adjacent to an activating group) is 1. The van der Waals surface area contributed by atoms with Gasteiger partial charge < -0.3 is 15.5 Å². The third kappa shape index (κ3) is 5.80. The minimum atomic E-state index is -0.791. The molecule has 156 valence electrons. The van der Waals surface area contributed by atoms with Crippen molar-refractivity contribution < 1.29 is 9.59 Å². The van der Waals surface area contributed by atoms with Crippen molar-refractivity contribution >= 4 is 29.1 Å². The molecule has 1 aliphatic heterocycles. The van der Waals surface area contributed by atoms with Gasteiger partial charge >= 0.3 is 11.8 Å². The molecular weight excluding hydrogens is 402 g/mol. The molecule has 0 aromatic heterocycles. The SMILES string of the molecule is CN1CCN(C[C@H](NC(=O)C(=O)Nc2ccc(Cl)c(C#N)c2)c2ccccc2)CC1. The van der Waals surface area contributed by atoms with Gasteiger partial charge in [0.1, 0.15) is 6.07 Å². The van der Waals surface area contributed by atoms with Crippen molar-refractivity contribution in [2.24, 2.45) is 0 Å². The number of rotatable bonds is 5. The van der Waals surface area contributed by atoms with Crippen molar-refractivity contribution in [3.63, 3.8) is 0 Å². The van der Waals surface area contributed by atoms with Crippen molar-refractivity contribution in [3.8, 4) is 6.07 Å². The van der Waals surface area contributed by atoms with Crippen LogP contribution in [-0.2, 0) is 9.59 Å². The minimum Gasteiger partial charge on any atom is -0.340 e. The van der Waals surface area contributed by atoms with Crippen molar-refractivity contribution in [1.29, 1.82) is 5.26 Å². The Labute approximate surface area is 181 Å². The highest BCUT2D eigenvalue weighted by Gasteiger charge is 2.24. The van der Waals surface area contributed by atoms with Gasteiger partial charge in [0, 0.05) is 38.4 Å². The average Bonchev–Trinajstić information content (AvgIpc) is 2.76. The highest BCUT2D eigenvalue weighted by molar-refractivity contribution is 6.39. The van der Waals surface area contributed by atoms with Crippen molar-refractivity contribution in [2.45, 2.75) is 6.04 Å².